The Hall–Kier alpha value is -3.33. The molecule has 0 spiro atoms. The molecule has 0 radical (unpaired) electrons. The molecular formula is C21H17BrN2O6. The maximum atomic E-state index is 13.2. The van der Waals surface area contributed by atoms with Gasteiger partial charge in [0.15, 0.2) is 11.5 Å². The summed E-state index contributed by atoms with van der Waals surface area (Å²) in [5, 5.41) is 2.22. The third kappa shape index (κ3) is 3.52. The van der Waals surface area contributed by atoms with Crippen LogP contribution in [0.15, 0.2) is 40.4 Å². The van der Waals surface area contributed by atoms with Crippen LogP contribution in [0.2, 0.25) is 0 Å². The van der Waals surface area contributed by atoms with E-state index in [0.29, 0.717) is 40.7 Å². The number of fused-ring (bicyclic) bond motifs is 1. The van der Waals surface area contributed by atoms with Crippen molar-refractivity contribution in [2.75, 3.05) is 18.3 Å². The van der Waals surface area contributed by atoms with Crippen LogP contribution in [0.25, 0.3) is 6.08 Å². The Morgan fingerprint density at radius 1 is 1.17 bits per heavy atom. The van der Waals surface area contributed by atoms with Crippen molar-refractivity contribution in [2.45, 2.75) is 13.8 Å². The van der Waals surface area contributed by atoms with Crippen LogP contribution in [0.5, 0.6) is 17.2 Å². The monoisotopic (exact) mass is 472 g/mol. The predicted octanol–water partition coefficient (Wildman–Crippen LogP) is 3.55. The minimum atomic E-state index is -0.803. The summed E-state index contributed by atoms with van der Waals surface area (Å²) in [5.41, 5.74) is 1.34. The summed E-state index contributed by atoms with van der Waals surface area (Å²) in [7, 11) is 0. The minimum Gasteiger partial charge on any atom is -0.493 e. The van der Waals surface area contributed by atoms with Crippen molar-refractivity contribution >= 4 is 45.5 Å². The Kier molecular flexibility index (Phi) is 5.21. The lowest BCUT2D eigenvalue weighted by atomic mass is 10.0. The molecule has 30 heavy (non-hydrogen) atoms. The van der Waals surface area contributed by atoms with Crippen molar-refractivity contribution in [3.8, 4) is 17.2 Å². The lowest BCUT2D eigenvalue weighted by molar-refractivity contribution is -0.122. The van der Waals surface area contributed by atoms with Gasteiger partial charge >= 0.3 is 6.03 Å². The van der Waals surface area contributed by atoms with Crippen LogP contribution in [0.4, 0.5) is 10.5 Å². The van der Waals surface area contributed by atoms with Crippen LogP contribution in [0.1, 0.15) is 18.1 Å². The highest BCUT2D eigenvalue weighted by Gasteiger charge is 2.37. The molecule has 2 aliphatic rings. The molecule has 1 saturated heterocycles. The molecule has 4 rings (SSSR count). The summed E-state index contributed by atoms with van der Waals surface area (Å²) in [6.07, 6.45) is 1.39. The number of carbonyl (C=O) groups excluding carboxylic acids is 3. The summed E-state index contributed by atoms with van der Waals surface area (Å²) in [4.78, 5) is 39.0. The molecular weight excluding hydrogens is 456 g/mol. The molecule has 0 bridgehead atoms. The number of barbiturate groups is 1. The maximum absolute atomic E-state index is 13.2. The smallest absolute Gasteiger partial charge is 0.335 e. The third-order valence-corrected chi connectivity index (χ3v) is 5.10. The molecule has 0 aliphatic carbocycles. The number of benzene rings is 2. The zero-order chi connectivity index (χ0) is 21.4. The fourth-order valence-electron chi connectivity index (χ4n) is 3.23. The van der Waals surface area contributed by atoms with E-state index in [4.69, 9.17) is 14.2 Å². The molecule has 8 nitrogen and oxygen atoms in total. The number of nitrogens with one attached hydrogen (secondary N) is 1. The van der Waals surface area contributed by atoms with Crippen molar-refractivity contribution in [1.29, 1.82) is 0 Å². The number of anilines is 1. The molecule has 2 aromatic carbocycles. The normalized spacial score (nSPS) is 16.8. The zero-order valence-corrected chi connectivity index (χ0v) is 17.7. The highest BCUT2D eigenvalue weighted by atomic mass is 79.9. The summed E-state index contributed by atoms with van der Waals surface area (Å²) in [5.74, 6) is -0.0866. The van der Waals surface area contributed by atoms with Gasteiger partial charge in [-0.05, 0) is 49.8 Å². The molecule has 4 amide bonds. The lowest BCUT2D eigenvalue weighted by Crippen LogP contribution is -2.54. The topological polar surface area (TPSA) is 94.2 Å². The van der Waals surface area contributed by atoms with Crippen molar-refractivity contribution in [3.05, 3.63) is 51.5 Å². The Morgan fingerprint density at radius 3 is 2.60 bits per heavy atom. The number of halogens is 1. The predicted molar refractivity (Wildman–Crippen MR) is 112 cm³/mol. The van der Waals surface area contributed by atoms with Gasteiger partial charge in [0.2, 0.25) is 6.79 Å². The first-order chi connectivity index (χ1) is 14.4. The van der Waals surface area contributed by atoms with Crippen molar-refractivity contribution in [1.82, 2.24) is 5.32 Å². The lowest BCUT2D eigenvalue weighted by Gasteiger charge is -2.27. The number of aryl methyl sites for hydroxylation is 1. The highest BCUT2D eigenvalue weighted by molar-refractivity contribution is 9.10. The molecule has 0 aromatic heterocycles. The van der Waals surface area contributed by atoms with Crippen LogP contribution >= 0.6 is 15.9 Å². The fraction of sp³-hybridized carbons (Fsp3) is 0.190. The summed E-state index contributed by atoms with van der Waals surface area (Å²) < 4.78 is 17.2. The Bertz CT molecular complexity index is 1110. The van der Waals surface area contributed by atoms with Crippen molar-refractivity contribution in [3.63, 3.8) is 0 Å². The number of hydrogen-bond donors (Lipinski definition) is 1. The molecule has 2 heterocycles. The van der Waals surface area contributed by atoms with Crippen LogP contribution < -0.4 is 24.4 Å². The maximum Gasteiger partial charge on any atom is 0.335 e. The van der Waals surface area contributed by atoms with Gasteiger partial charge in [0, 0.05) is 16.1 Å². The molecule has 2 aliphatic heterocycles. The standard InChI is InChI=1S/C21H17BrN2O6/c1-3-28-16-9-18-17(29-10-30-18)8-12(16)7-14-19(25)23-21(27)24(20(14)26)15-5-4-13(22)6-11(15)2/h4-9H,3,10H2,1-2H3,(H,23,25,27)/b14-7-. The summed E-state index contributed by atoms with van der Waals surface area (Å²) >= 11 is 3.36. The van der Waals surface area contributed by atoms with Gasteiger partial charge in [-0.2, -0.15) is 0 Å². The number of hydrogen-bond acceptors (Lipinski definition) is 6. The number of carbonyl (C=O) groups is 3. The van der Waals surface area contributed by atoms with E-state index in [0.717, 1.165) is 9.37 Å². The second-order valence-corrected chi connectivity index (χ2v) is 7.48. The van der Waals surface area contributed by atoms with Gasteiger partial charge in [-0.3, -0.25) is 14.9 Å². The van der Waals surface area contributed by atoms with E-state index in [2.05, 4.69) is 21.2 Å². The molecule has 0 unspecified atom stereocenters. The number of amides is 4. The average molecular weight is 473 g/mol. The van der Waals surface area contributed by atoms with Gasteiger partial charge in [0.05, 0.1) is 12.3 Å². The van der Waals surface area contributed by atoms with E-state index >= 15 is 0 Å². The number of ether oxygens (including phenoxy) is 3. The molecule has 2 aromatic rings. The van der Waals surface area contributed by atoms with Crippen LogP contribution in [0.3, 0.4) is 0 Å². The molecule has 0 saturated carbocycles. The van der Waals surface area contributed by atoms with Gasteiger partial charge in [-0.25, -0.2) is 9.69 Å². The molecule has 1 fully saturated rings. The van der Waals surface area contributed by atoms with Crippen LogP contribution in [-0.4, -0.2) is 31.2 Å². The molecule has 9 heteroatoms. The first-order valence-corrected chi connectivity index (χ1v) is 9.92. The number of rotatable bonds is 4. The van der Waals surface area contributed by atoms with Crippen molar-refractivity contribution < 1.29 is 28.6 Å². The van der Waals surface area contributed by atoms with Crippen LogP contribution in [0, 0.1) is 6.92 Å². The van der Waals surface area contributed by atoms with Crippen LogP contribution in [-0.2, 0) is 9.59 Å². The van der Waals surface area contributed by atoms with E-state index in [1.807, 2.05) is 6.92 Å². The minimum absolute atomic E-state index is 0.0749. The molecule has 0 atom stereocenters. The second-order valence-electron chi connectivity index (χ2n) is 6.56. The Morgan fingerprint density at radius 2 is 1.90 bits per heavy atom. The molecule has 154 valence electrons. The first kappa shape index (κ1) is 20.0. The van der Waals surface area contributed by atoms with E-state index in [9.17, 15) is 14.4 Å². The van der Waals surface area contributed by atoms with E-state index in [1.54, 1.807) is 37.3 Å². The zero-order valence-electron chi connectivity index (χ0n) is 16.2. The Labute approximate surface area is 180 Å². The van der Waals surface area contributed by atoms with E-state index in [1.165, 1.54) is 6.08 Å². The number of urea groups is 1. The average Bonchev–Trinajstić information content (AvgIpc) is 3.14. The van der Waals surface area contributed by atoms with E-state index < -0.39 is 17.8 Å². The third-order valence-electron chi connectivity index (χ3n) is 4.61. The first-order valence-electron chi connectivity index (χ1n) is 9.13. The second kappa shape index (κ2) is 7.83. The van der Waals surface area contributed by atoms with Gasteiger partial charge in [-0.15, -0.1) is 0 Å². The van der Waals surface area contributed by atoms with Gasteiger partial charge in [0.25, 0.3) is 11.8 Å². The quantitative estimate of drug-likeness (QED) is 0.540. The van der Waals surface area contributed by atoms with Gasteiger partial charge in [0.1, 0.15) is 11.3 Å². The highest BCUT2D eigenvalue weighted by Crippen LogP contribution is 2.39. The van der Waals surface area contributed by atoms with E-state index in [-0.39, 0.29) is 12.4 Å². The summed E-state index contributed by atoms with van der Waals surface area (Å²) in [6.45, 7) is 4.03. The summed E-state index contributed by atoms with van der Waals surface area (Å²) in [6, 6.07) is 7.60. The van der Waals surface area contributed by atoms with Crippen molar-refractivity contribution in [2.24, 2.45) is 0 Å². The number of imide groups is 2. The number of nitrogens with zero attached hydrogens (tertiary/aromatic N) is 1. The Balaban J connectivity index is 1.78. The largest absolute Gasteiger partial charge is 0.493 e. The molecule has 1 N–H and O–H groups in total. The fourth-order valence-corrected chi connectivity index (χ4v) is 3.71. The van der Waals surface area contributed by atoms with Gasteiger partial charge < -0.3 is 14.2 Å². The SMILES string of the molecule is CCOc1cc2c(cc1/C=C1/C(=O)NC(=O)N(c3ccc(Br)cc3C)C1=O)OCO2. The van der Waals surface area contributed by atoms with Gasteiger partial charge in [-0.1, -0.05) is 15.9 Å².